The van der Waals surface area contributed by atoms with Crippen molar-refractivity contribution in [2.45, 2.75) is 58.9 Å². The number of nitrogens with zero attached hydrogens (tertiary/aromatic N) is 3. The first kappa shape index (κ1) is 18.6. The number of fused-ring (bicyclic) bond motifs is 1. The summed E-state index contributed by atoms with van der Waals surface area (Å²) in [5, 5.41) is 6.18. The van der Waals surface area contributed by atoms with Crippen LogP contribution in [0.25, 0.3) is 0 Å². The molecule has 0 aromatic heterocycles. The maximum absolute atomic E-state index is 13.0. The second-order valence-electron chi connectivity index (χ2n) is 7.89. The SMILES string of the molecule is CCC(C)(C)C1=NN(CCCc2ccccc2)C(=O)C2CCCN2C1=O. The second kappa shape index (κ2) is 7.60. The van der Waals surface area contributed by atoms with Gasteiger partial charge in [-0.15, -0.1) is 0 Å². The third kappa shape index (κ3) is 3.67. The molecule has 0 spiro atoms. The quantitative estimate of drug-likeness (QED) is 0.786. The van der Waals surface area contributed by atoms with Crippen LogP contribution >= 0.6 is 0 Å². The Bertz CT molecular complexity index is 696. The van der Waals surface area contributed by atoms with Crippen molar-refractivity contribution in [3.8, 4) is 0 Å². The molecule has 26 heavy (non-hydrogen) atoms. The third-order valence-electron chi connectivity index (χ3n) is 5.68. The first-order valence-corrected chi connectivity index (χ1v) is 9.69. The number of amides is 2. The van der Waals surface area contributed by atoms with Gasteiger partial charge in [0.1, 0.15) is 11.8 Å². The van der Waals surface area contributed by atoms with Gasteiger partial charge >= 0.3 is 0 Å². The highest BCUT2D eigenvalue weighted by Crippen LogP contribution is 2.30. The summed E-state index contributed by atoms with van der Waals surface area (Å²) in [6.07, 6.45) is 4.17. The monoisotopic (exact) mass is 355 g/mol. The zero-order chi connectivity index (χ0) is 18.7. The summed E-state index contributed by atoms with van der Waals surface area (Å²) in [6, 6.07) is 9.92. The molecule has 2 amide bonds. The Balaban J connectivity index is 1.81. The molecule has 3 rings (SSSR count). The molecule has 2 aliphatic rings. The molecule has 1 unspecified atom stereocenters. The fourth-order valence-electron chi connectivity index (χ4n) is 3.62. The average Bonchev–Trinajstić information content (AvgIpc) is 3.10. The molecule has 1 atom stereocenters. The van der Waals surface area contributed by atoms with Gasteiger partial charge in [-0.2, -0.15) is 5.10 Å². The minimum absolute atomic E-state index is 0.0224. The fraction of sp³-hybridized carbons (Fsp3) is 0.571. The van der Waals surface area contributed by atoms with E-state index in [1.807, 2.05) is 32.0 Å². The maximum Gasteiger partial charge on any atom is 0.271 e. The van der Waals surface area contributed by atoms with Crippen LogP contribution < -0.4 is 0 Å². The van der Waals surface area contributed by atoms with Gasteiger partial charge in [0.15, 0.2) is 0 Å². The lowest BCUT2D eigenvalue weighted by Crippen LogP contribution is -2.46. The molecule has 0 N–H and O–H groups in total. The van der Waals surface area contributed by atoms with Gasteiger partial charge in [-0.3, -0.25) is 9.59 Å². The zero-order valence-corrected chi connectivity index (χ0v) is 16.1. The Kier molecular flexibility index (Phi) is 5.44. The lowest BCUT2D eigenvalue weighted by Gasteiger charge is -2.27. The standard InChI is InChI=1S/C21H29N3O2/c1-4-21(2,3)18-20(26)23-14-9-13-17(23)19(25)24(22-18)15-8-12-16-10-6-5-7-11-16/h5-7,10-11,17H,4,8-9,12-15H2,1-3H3. The van der Waals surface area contributed by atoms with Gasteiger partial charge < -0.3 is 4.90 Å². The molecule has 1 saturated heterocycles. The molecule has 1 aromatic carbocycles. The van der Waals surface area contributed by atoms with Gasteiger partial charge in [-0.1, -0.05) is 51.1 Å². The summed E-state index contributed by atoms with van der Waals surface area (Å²) < 4.78 is 0. The molecule has 0 radical (unpaired) electrons. The van der Waals surface area contributed by atoms with Crippen LogP contribution in [0, 0.1) is 5.41 Å². The number of benzene rings is 1. The molecule has 2 heterocycles. The Morgan fingerprint density at radius 3 is 2.62 bits per heavy atom. The number of rotatable bonds is 6. The minimum Gasteiger partial charge on any atom is -0.325 e. The number of hydrogen-bond acceptors (Lipinski definition) is 3. The molecule has 5 nitrogen and oxygen atoms in total. The van der Waals surface area contributed by atoms with Gasteiger partial charge in [0.05, 0.1) is 0 Å². The van der Waals surface area contributed by atoms with E-state index in [0.29, 0.717) is 18.8 Å². The van der Waals surface area contributed by atoms with E-state index in [4.69, 9.17) is 0 Å². The van der Waals surface area contributed by atoms with Crippen molar-refractivity contribution in [3.05, 3.63) is 35.9 Å². The van der Waals surface area contributed by atoms with E-state index in [2.05, 4.69) is 24.2 Å². The average molecular weight is 355 g/mol. The number of carbonyl (C=O) groups is 2. The largest absolute Gasteiger partial charge is 0.325 e. The molecule has 1 aromatic rings. The highest BCUT2D eigenvalue weighted by Gasteiger charge is 2.44. The van der Waals surface area contributed by atoms with Crippen LogP contribution in [0.3, 0.4) is 0 Å². The van der Waals surface area contributed by atoms with Crippen LogP contribution in [0.1, 0.15) is 52.0 Å². The van der Waals surface area contributed by atoms with Crippen molar-refractivity contribution >= 4 is 17.5 Å². The molecular formula is C21H29N3O2. The summed E-state index contributed by atoms with van der Waals surface area (Å²) in [5.74, 6) is -0.0796. The van der Waals surface area contributed by atoms with E-state index < -0.39 is 0 Å². The van der Waals surface area contributed by atoms with Crippen molar-refractivity contribution in [3.63, 3.8) is 0 Å². The summed E-state index contributed by atoms with van der Waals surface area (Å²) in [6.45, 7) is 7.34. The summed E-state index contributed by atoms with van der Waals surface area (Å²) in [4.78, 5) is 27.8. The first-order valence-electron chi connectivity index (χ1n) is 9.69. The lowest BCUT2D eigenvalue weighted by atomic mass is 9.84. The van der Waals surface area contributed by atoms with E-state index in [-0.39, 0.29) is 23.3 Å². The molecule has 2 aliphatic heterocycles. The molecule has 0 saturated carbocycles. The van der Waals surface area contributed by atoms with Crippen LogP contribution in [0.5, 0.6) is 0 Å². The van der Waals surface area contributed by atoms with Gasteiger partial charge in [-0.25, -0.2) is 5.01 Å². The van der Waals surface area contributed by atoms with Gasteiger partial charge in [0.25, 0.3) is 11.8 Å². The van der Waals surface area contributed by atoms with Crippen molar-refractivity contribution < 1.29 is 9.59 Å². The zero-order valence-electron chi connectivity index (χ0n) is 16.1. The topological polar surface area (TPSA) is 53.0 Å². The van der Waals surface area contributed by atoms with Crippen LogP contribution in [-0.2, 0) is 16.0 Å². The number of hydrogen-bond donors (Lipinski definition) is 0. The third-order valence-corrected chi connectivity index (χ3v) is 5.68. The summed E-state index contributed by atoms with van der Waals surface area (Å²) in [5.41, 5.74) is 1.44. The Morgan fingerprint density at radius 1 is 1.19 bits per heavy atom. The molecule has 0 bridgehead atoms. The predicted molar refractivity (Wildman–Crippen MR) is 103 cm³/mol. The van der Waals surface area contributed by atoms with Crippen molar-refractivity contribution in [1.29, 1.82) is 0 Å². The van der Waals surface area contributed by atoms with Crippen LogP contribution in [0.15, 0.2) is 35.4 Å². The molecule has 0 aliphatic carbocycles. The van der Waals surface area contributed by atoms with Gasteiger partial charge in [-0.05, 0) is 37.7 Å². The van der Waals surface area contributed by atoms with E-state index in [9.17, 15) is 9.59 Å². The highest BCUT2D eigenvalue weighted by atomic mass is 16.2. The molecule has 1 fully saturated rings. The van der Waals surface area contributed by atoms with Crippen LogP contribution in [0.4, 0.5) is 0 Å². The first-order chi connectivity index (χ1) is 12.4. The molecular weight excluding hydrogens is 326 g/mol. The Labute approximate surface area is 156 Å². The fourth-order valence-corrected chi connectivity index (χ4v) is 3.62. The van der Waals surface area contributed by atoms with Crippen LogP contribution in [0.2, 0.25) is 0 Å². The van der Waals surface area contributed by atoms with Crippen molar-refractivity contribution in [2.75, 3.05) is 13.1 Å². The van der Waals surface area contributed by atoms with Crippen molar-refractivity contribution in [2.24, 2.45) is 10.5 Å². The van der Waals surface area contributed by atoms with Crippen molar-refractivity contribution in [1.82, 2.24) is 9.91 Å². The number of aryl methyl sites for hydroxylation is 1. The summed E-state index contributed by atoms with van der Waals surface area (Å²) >= 11 is 0. The van der Waals surface area contributed by atoms with E-state index in [1.165, 1.54) is 5.56 Å². The molecule has 140 valence electrons. The Morgan fingerprint density at radius 2 is 1.92 bits per heavy atom. The lowest BCUT2D eigenvalue weighted by molar-refractivity contribution is -0.139. The highest BCUT2D eigenvalue weighted by molar-refractivity contribution is 6.41. The van der Waals surface area contributed by atoms with E-state index >= 15 is 0 Å². The van der Waals surface area contributed by atoms with Gasteiger partial charge in [0.2, 0.25) is 0 Å². The smallest absolute Gasteiger partial charge is 0.271 e. The maximum atomic E-state index is 13.0. The predicted octanol–water partition coefficient (Wildman–Crippen LogP) is 3.24. The minimum atomic E-state index is -0.341. The Hall–Kier alpha value is -2.17. The van der Waals surface area contributed by atoms with E-state index in [1.54, 1.807) is 9.91 Å². The van der Waals surface area contributed by atoms with Crippen LogP contribution in [-0.4, -0.2) is 46.6 Å². The van der Waals surface area contributed by atoms with E-state index in [0.717, 1.165) is 32.1 Å². The second-order valence-corrected chi connectivity index (χ2v) is 7.89. The number of carbonyl (C=O) groups excluding carboxylic acids is 2. The van der Waals surface area contributed by atoms with Gasteiger partial charge in [0, 0.05) is 18.5 Å². The normalized spacial score (nSPS) is 20.9. The number of hydrazone groups is 1. The summed E-state index contributed by atoms with van der Waals surface area (Å²) in [7, 11) is 0. The molecule has 5 heteroatoms.